The number of nitrogen functional groups attached to an aromatic ring is 1. The summed E-state index contributed by atoms with van der Waals surface area (Å²) >= 11 is 0. The maximum Gasteiger partial charge on any atom is 0.251 e. The summed E-state index contributed by atoms with van der Waals surface area (Å²) in [5.41, 5.74) is 6.67. The molecule has 0 saturated heterocycles. The molecule has 4 N–H and O–H groups in total. The second kappa shape index (κ2) is 7.11. The molecule has 1 fully saturated rings. The summed E-state index contributed by atoms with van der Waals surface area (Å²) in [6.45, 7) is 2.94. The van der Waals surface area contributed by atoms with Gasteiger partial charge in [-0.05, 0) is 42.5 Å². The van der Waals surface area contributed by atoms with Crippen LogP contribution in [0.2, 0.25) is 0 Å². The van der Waals surface area contributed by atoms with Gasteiger partial charge in [0.05, 0.1) is 6.54 Å². The Labute approximate surface area is 125 Å². The number of nitrogens with two attached hydrogens (primary N) is 1. The molecule has 0 heterocycles. The molecule has 0 radical (unpaired) electrons. The first-order valence-corrected chi connectivity index (χ1v) is 7.46. The number of hydrogen-bond acceptors (Lipinski definition) is 3. The zero-order chi connectivity index (χ0) is 15.2. The number of carbonyl (C=O) groups excluding carboxylic acids is 2. The van der Waals surface area contributed by atoms with E-state index >= 15 is 0 Å². The van der Waals surface area contributed by atoms with Crippen molar-refractivity contribution in [2.45, 2.75) is 26.2 Å². The van der Waals surface area contributed by atoms with E-state index in [0.29, 0.717) is 29.6 Å². The Morgan fingerprint density at radius 2 is 1.90 bits per heavy atom. The van der Waals surface area contributed by atoms with Crippen LogP contribution in [0.5, 0.6) is 0 Å². The minimum atomic E-state index is -0.264. The van der Waals surface area contributed by atoms with Gasteiger partial charge >= 0.3 is 0 Å². The summed E-state index contributed by atoms with van der Waals surface area (Å²) in [7, 11) is 0. The van der Waals surface area contributed by atoms with Crippen molar-refractivity contribution in [2.75, 3.05) is 18.8 Å². The molecule has 2 unspecified atom stereocenters. The van der Waals surface area contributed by atoms with Gasteiger partial charge in [-0.2, -0.15) is 0 Å². The zero-order valence-electron chi connectivity index (χ0n) is 12.4. The lowest BCUT2D eigenvalue weighted by Crippen LogP contribution is -2.39. The van der Waals surface area contributed by atoms with Crippen LogP contribution in [0.15, 0.2) is 24.3 Å². The Hall–Kier alpha value is -2.04. The van der Waals surface area contributed by atoms with Gasteiger partial charge in [-0.25, -0.2) is 0 Å². The Kier molecular flexibility index (Phi) is 5.20. The molecule has 1 aliphatic rings. The SMILES string of the molecule is CC1CCCC1CNC(=O)CNC(=O)c1ccc(N)cc1. The van der Waals surface area contributed by atoms with Crippen LogP contribution in [-0.2, 0) is 4.79 Å². The van der Waals surface area contributed by atoms with Crippen LogP contribution in [0.1, 0.15) is 36.5 Å². The molecule has 2 rings (SSSR count). The highest BCUT2D eigenvalue weighted by Gasteiger charge is 2.23. The topological polar surface area (TPSA) is 84.2 Å². The minimum Gasteiger partial charge on any atom is -0.399 e. The second-order valence-electron chi connectivity index (χ2n) is 5.78. The summed E-state index contributed by atoms with van der Waals surface area (Å²) < 4.78 is 0. The molecule has 1 aliphatic carbocycles. The van der Waals surface area contributed by atoms with Crippen molar-refractivity contribution in [1.82, 2.24) is 10.6 Å². The molecule has 5 heteroatoms. The molecule has 2 atom stereocenters. The van der Waals surface area contributed by atoms with Crippen LogP contribution >= 0.6 is 0 Å². The van der Waals surface area contributed by atoms with E-state index in [2.05, 4.69) is 17.6 Å². The largest absolute Gasteiger partial charge is 0.399 e. The van der Waals surface area contributed by atoms with Gasteiger partial charge in [0.2, 0.25) is 5.91 Å². The number of benzene rings is 1. The van der Waals surface area contributed by atoms with Gasteiger partial charge in [0.1, 0.15) is 0 Å². The average Bonchev–Trinajstić information content (AvgIpc) is 2.88. The van der Waals surface area contributed by atoms with Crippen LogP contribution in [-0.4, -0.2) is 24.9 Å². The van der Waals surface area contributed by atoms with E-state index in [9.17, 15) is 9.59 Å². The van der Waals surface area contributed by atoms with Gasteiger partial charge in [-0.3, -0.25) is 9.59 Å². The van der Waals surface area contributed by atoms with Crippen molar-refractivity contribution in [2.24, 2.45) is 11.8 Å². The maximum atomic E-state index is 11.8. The number of nitrogens with one attached hydrogen (secondary N) is 2. The van der Waals surface area contributed by atoms with E-state index in [1.165, 1.54) is 19.3 Å². The fourth-order valence-corrected chi connectivity index (χ4v) is 2.73. The summed E-state index contributed by atoms with van der Waals surface area (Å²) in [5, 5.41) is 5.51. The normalized spacial score (nSPS) is 21.0. The highest BCUT2D eigenvalue weighted by atomic mass is 16.2. The Morgan fingerprint density at radius 3 is 2.52 bits per heavy atom. The summed E-state index contributed by atoms with van der Waals surface area (Å²) in [6.07, 6.45) is 3.67. The van der Waals surface area contributed by atoms with E-state index in [1.54, 1.807) is 24.3 Å². The molecule has 114 valence electrons. The average molecular weight is 289 g/mol. The lowest BCUT2D eigenvalue weighted by atomic mass is 9.98. The van der Waals surface area contributed by atoms with Gasteiger partial charge in [0.25, 0.3) is 5.91 Å². The highest BCUT2D eigenvalue weighted by Crippen LogP contribution is 2.30. The third-order valence-corrected chi connectivity index (χ3v) is 4.18. The van der Waals surface area contributed by atoms with Crippen molar-refractivity contribution in [1.29, 1.82) is 0 Å². The molecule has 1 aromatic rings. The highest BCUT2D eigenvalue weighted by molar-refractivity contribution is 5.96. The summed E-state index contributed by atoms with van der Waals surface area (Å²) in [5.74, 6) is 0.841. The van der Waals surface area contributed by atoms with E-state index in [0.717, 1.165) is 0 Å². The Bertz CT molecular complexity index is 499. The third kappa shape index (κ3) is 4.48. The Morgan fingerprint density at radius 1 is 1.19 bits per heavy atom. The van der Waals surface area contributed by atoms with Crippen molar-refractivity contribution < 1.29 is 9.59 Å². The smallest absolute Gasteiger partial charge is 0.251 e. The molecular formula is C16H23N3O2. The van der Waals surface area contributed by atoms with E-state index in [4.69, 9.17) is 5.73 Å². The van der Waals surface area contributed by atoms with Gasteiger partial charge in [-0.1, -0.05) is 19.8 Å². The molecule has 0 aromatic heterocycles. The molecule has 0 bridgehead atoms. The monoisotopic (exact) mass is 289 g/mol. The predicted octanol–water partition coefficient (Wildman–Crippen LogP) is 1.55. The fourth-order valence-electron chi connectivity index (χ4n) is 2.73. The summed E-state index contributed by atoms with van der Waals surface area (Å²) in [4.78, 5) is 23.6. The minimum absolute atomic E-state index is 0.00428. The quantitative estimate of drug-likeness (QED) is 0.719. The molecule has 1 aromatic carbocycles. The first kappa shape index (κ1) is 15.4. The van der Waals surface area contributed by atoms with Gasteiger partial charge < -0.3 is 16.4 Å². The second-order valence-corrected chi connectivity index (χ2v) is 5.78. The van der Waals surface area contributed by atoms with E-state index in [1.807, 2.05) is 0 Å². The molecule has 2 amide bonds. The van der Waals surface area contributed by atoms with Gasteiger partial charge in [0.15, 0.2) is 0 Å². The molecular weight excluding hydrogens is 266 g/mol. The lowest BCUT2D eigenvalue weighted by molar-refractivity contribution is -0.120. The van der Waals surface area contributed by atoms with Crippen molar-refractivity contribution in [3.63, 3.8) is 0 Å². The molecule has 5 nitrogen and oxygen atoms in total. The number of hydrogen-bond donors (Lipinski definition) is 3. The first-order valence-electron chi connectivity index (χ1n) is 7.46. The van der Waals surface area contributed by atoms with Crippen molar-refractivity contribution in [3.05, 3.63) is 29.8 Å². The molecule has 21 heavy (non-hydrogen) atoms. The van der Waals surface area contributed by atoms with Crippen LogP contribution in [0.25, 0.3) is 0 Å². The summed E-state index contributed by atoms with van der Waals surface area (Å²) in [6, 6.07) is 6.61. The predicted molar refractivity (Wildman–Crippen MR) is 82.7 cm³/mol. The van der Waals surface area contributed by atoms with E-state index in [-0.39, 0.29) is 18.4 Å². The van der Waals surface area contributed by atoms with Crippen LogP contribution in [0.3, 0.4) is 0 Å². The van der Waals surface area contributed by atoms with Crippen LogP contribution in [0.4, 0.5) is 5.69 Å². The number of anilines is 1. The van der Waals surface area contributed by atoms with Crippen LogP contribution in [0, 0.1) is 11.8 Å². The maximum absolute atomic E-state index is 11.8. The van der Waals surface area contributed by atoms with Crippen molar-refractivity contribution >= 4 is 17.5 Å². The first-order chi connectivity index (χ1) is 10.1. The van der Waals surface area contributed by atoms with Gasteiger partial charge in [-0.15, -0.1) is 0 Å². The van der Waals surface area contributed by atoms with E-state index < -0.39 is 0 Å². The third-order valence-electron chi connectivity index (χ3n) is 4.18. The number of rotatable bonds is 5. The van der Waals surface area contributed by atoms with Crippen LogP contribution < -0.4 is 16.4 Å². The van der Waals surface area contributed by atoms with Gasteiger partial charge in [0, 0.05) is 17.8 Å². The molecule has 0 spiro atoms. The zero-order valence-corrected chi connectivity index (χ0v) is 12.4. The number of carbonyl (C=O) groups is 2. The fraction of sp³-hybridized carbons (Fsp3) is 0.500. The number of amides is 2. The standard InChI is InChI=1S/C16H23N3O2/c1-11-3-2-4-13(11)9-18-15(20)10-19-16(21)12-5-7-14(17)8-6-12/h5-8,11,13H,2-4,9-10,17H2,1H3,(H,18,20)(H,19,21). The molecule has 0 aliphatic heterocycles. The Balaban J connectivity index is 1.71. The molecule has 1 saturated carbocycles. The van der Waals surface area contributed by atoms with Crippen molar-refractivity contribution in [3.8, 4) is 0 Å². The lowest BCUT2D eigenvalue weighted by Gasteiger charge is -2.16.